The van der Waals surface area contributed by atoms with Crippen LogP contribution < -0.4 is 0 Å². The first-order chi connectivity index (χ1) is 13.3. The van der Waals surface area contributed by atoms with E-state index in [1.54, 1.807) is 0 Å². The second-order valence-electron chi connectivity index (χ2n) is 7.05. The largest absolute Gasteiger partial charge is 0.357 e. The summed E-state index contributed by atoms with van der Waals surface area (Å²) in [7, 11) is 0. The summed E-state index contributed by atoms with van der Waals surface area (Å²) < 4.78 is 0. The molecule has 4 aromatic rings. The summed E-state index contributed by atoms with van der Waals surface area (Å²) in [5.41, 5.74) is 6.71. The lowest BCUT2D eigenvalue weighted by Crippen LogP contribution is -2.35. The number of rotatable bonds is 2. The van der Waals surface area contributed by atoms with Gasteiger partial charge >= 0.3 is 0 Å². The predicted octanol–water partition coefficient (Wildman–Crippen LogP) is 5.03. The third-order valence-electron chi connectivity index (χ3n) is 5.41. The summed E-state index contributed by atoms with van der Waals surface area (Å²) >= 11 is 0. The Balaban J connectivity index is 1.38. The number of aromatic amines is 1. The van der Waals surface area contributed by atoms with E-state index in [1.807, 2.05) is 53.4 Å². The molecule has 1 amide bonds. The SMILES string of the molecule is O=C(c1ccc(-c2ccccc2)cc1)N1CCc2c([nH]c3ccccc23)C1. The van der Waals surface area contributed by atoms with Crippen molar-refractivity contribution in [1.29, 1.82) is 0 Å². The molecular weight excluding hydrogens is 332 g/mol. The second-order valence-corrected chi connectivity index (χ2v) is 7.05. The molecule has 5 rings (SSSR count). The fourth-order valence-corrected chi connectivity index (χ4v) is 3.98. The molecule has 132 valence electrons. The Kier molecular flexibility index (Phi) is 3.79. The zero-order valence-electron chi connectivity index (χ0n) is 15.0. The Labute approximate surface area is 158 Å². The number of carbonyl (C=O) groups is 1. The third kappa shape index (κ3) is 2.81. The molecule has 0 aliphatic carbocycles. The molecular formula is C24H20N2O. The number of aromatic nitrogens is 1. The zero-order valence-corrected chi connectivity index (χ0v) is 15.0. The van der Waals surface area contributed by atoms with Gasteiger partial charge in [0.05, 0.1) is 6.54 Å². The first-order valence-corrected chi connectivity index (χ1v) is 9.33. The number of benzene rings is 3. The number of para-hydroxylation sites is 1. The molecule has 0 spiro atoms. The minimum absolute atomic E-state index is 0.0962. The zero-order chi connectivity index (χ0) is 18.2. The summed E-state index contributed by atoms with van der Waals surface area (Å²) in [5, 5.41) is 1.28. The van der Waals surface area contributed by atoms with Gasteiger partial charge in [0.25, 0.3) is 5.91 Å². The molecule has 3 heteroatoms. The van der Waals surface area contributed by atoms with Crippen LogP contribution in [0.5, 0.6) is 0 Å². The lowest BCUT2D eigenvalue weighted by atomic mass is 10.0. The van der Waals surface area contributed by atoms with E-state index in [0.29, 0.717) is 6.54 Å². The molecule has 27 heavy (non-hydrogen) atoms. The molecule has 0 saturated carbocycles. The van der Waals surface area contributed by atoms with Gasteiger partial charge < -0.3 is 9.88 Å². The third-order valence-corrected chi connectivity index (χ3v) is 5.41. The van der Waals surface area contributed by atoms with Crippen LogP contribution in [-0.4, -0.2) is 22.3 Å². The number of nitrogens with zero attached hydrogens (tertiary/aromatic N) is 1. The van der Waals surface area contributed by atoms with Crippen LogP contribution in [0, 0.1) is 0 Å². The van der Waals surface area contributed by atoms with Gasteiger partial charge in [-0.15, -0.1) is 0 Å². The molecule has 2 heterocycles. The minimum atomic E-state index is 0.0962. The fraction of sp³-hybridized carbons (Fsp3) is 0.125. The fourth-order valence-electron chi connectivity index (χ4n) is 3.98. The van der Waals surface area contributed by atoms with Gasteiger partial charge in [-0.05, 0) is 41.3 Å². The lowest BCUT2D eigenvalue weighted by molar-refractivity contribution is 0.0733. The van der Waals surface area contributed by atoms with Gasteiger partial charge in [-0.1, -0.05) is 60.7 Å². The van der Waals surface area contributed by atoms with Crippen molar-refractivity contribution in [2.75, 3.05) is 6.54 Å². The Morgan fingerprint density at radius 1 is 0.815 bits per heavy atom. The van der Waals surface area contributed by atoms with Crippen LogP contribution in [0.4, 0.5) is 0 Å². The minimum Gasteiger partial charge on any atom is -0.357 e. The molecule has 0 radical (unpaired) electrons. The van der Waals surface area contributed by atoms with Crippen molar-refractivity contribution < 1.29 is 4.79 Å². The second kappa shape index (κ2) is 6.44. The maximum atomic E-state index is 13.0. The number of nitrogens with one attached hydrogen (secondary N) is 1. The number of amides is 1. The van der Waals surface area contributed by atoms with E-state index in [1.165, 1.54) is 10.9 Å². The van der Waals surface area contributed by atoms with Crippen molar-refractivity contribution in [1.82, 2.24) is 9.88 Å². The maximum absolute atomic E-state index is 13.0. The van der Waals surface area contributed by atoms with Gasteiger partial charge in [0.1, 0.15) is 0 Å². The van der Waals surface area contributed by atoms with Gasteiger partial charge in [0.2, 0.25) is 0 Å². The molecule has 1 N–H and O–H groups in total. The van der Waals surface area contributed by atoms with Gasteiger partial charge in [0, 0.05) is 28.7 Å². The summed E-state index contributed by atoms with van der Waals surface area (Å²) in [6.45, 7) is 1.40. The summed E-state index contributed by atoms with van der Waals surface area (Å²) in [4.78, 5) is 18.4. The Hall–Kier alpha value is -3.33. The van der Waals surface area contributed by atoms with Crippen molar-refractivity contribution >= 4 is 16.8 Å². The van der Waals surface area contributed by atoms with Crippen LogP contribution >= 0.6 is 0 Å². The molecule has 0 unspecified atom stereocenters. The van der Waals surface area contributed by atoms with E-state index in [0.717, 1.165) is 40.9 Å². The molecule has 0 saturated heterocycles. The predicted molar refractivity (Wildman–Crippen MR) is 109 cm³/mol. The first kappa shape index (κ1) is 15.9. The van der Waals surface area contributed by atoms with Gasteiger partial charge in [-0.3, -0.25) is 4.79 Å². The van der Waals surface area contributed by atoms with Crippen molar-refractivity contribution in [2.24, 2.45) is 0 Å². The van der Waals surface area contributed by atoms with Gasteiger partial charge in [0.15, 0.2) is 0 Å². The van der Waals surface area contributed by atoms with Crippen molar-refractivity contribution in [3.63, 3.8) is 0 Å². The number of carbonyl (C=O) groups excluding carboxylic acids is 1. The normalized spacial score (nSPS) is 13.6. The quantitative estimate of drug-likeness (QED) is 0.539. The average molecular weight is 352 g/mol. The van der Waals surface area contributed by atoms with E-state index in [9.17, 15) is 4.79 Å². The molecule has 0 atom stereocenters. The van der Waals surface area contributed by atoms with Gasteiger partial charge in [-0.25, -0.2) is 0 Å². The molecule has 3 nitrogen and oxygen atoms in total. The Bertz CT molecular complexity index is 1110. The van der Waals surface area contributed by atoms with E-state index < -0.39 is 0 Å². The summed E-state index contributed by atoms with van der Waals surface area (Å²) in [6.07, 6.45) is 0.896. The lowest BCUT2D eigenvalue weighted by Gasteiger charge is -2.27. The number of hydrogen-bond donors (Lipinski definition) is 1. The summed E-state index contributed by atoms with van der Waals surface area (Å²) in [5.74, 6) is 0.0962. The molecule has 3 aromatic carbocycles. The van der Waals surface area contributed by atoms with Crippen molar-refractivity contribution in [3.8, 4) is 11.1 Å². The van der Waals surface area contributed by atoms with E-state index in [2.05, 4.69) is 35.3 Å². The van der Waals surface area contributed by atoms with Crippen molar-refractivity contribution in [3.05, 3.63) is 95.7 Å². The van der Waals surface area contributed by atoms with Crippen LogP contribution in [0.3, 0.4) is 0 Å². The van der Waals surface area contributed by atoms with Crippen molar-refractivity contribution in [2.45, 2.75) is 13.0 Å². The van der Waals surface area contributed by atoms with E-state index in [4.69, 9.17) is 0 Å². The Morgan fingerprint density at radius 2 is 1.52 bits per heavy atom. The van der Waals surface area contributed by atoms with Crippen LogP contribution in [0.1, 0.15) is 21.6 Å². The molecule has 0 fully saturated rings. The van der Waals surface area contributed by atoms with E-state index >= 15 is 0 Å². The van der Waals surface area contributed by atoms with Crippen LogP contribution in [0.25, 0.3) is 22.0 Å². The Morgan fingerprint density at radius 3 is 2.33 bits per heavy atom. The molecule has 1 aliphatic heterocycles. The summed E-state index contributed by atoms with van der Waals surface area (Å²) in [6, 6.07) is 26.5. The highest BCUT2D eigenvalue weighted by Crippen LogP contribution is 2.28. The van der Waals surface area contributed by atoms with Crippen LogP contribution in [0.15, 0.2) is 78.9 Å². The molecule has 1 aliphatic rings. The topological polar surface area (TPSA) is 36.1 Å². The van der Waals surface area contributed by atoms with Crippen LogP contribution in [-0.2, 0) is 13.0 Å². The number of hydrogen-bond acceptors (Lipinski definition) is 1. The highest BCUT2D eigenvalue weighted by atomic mass is 16.2. The highest BCUT2D eigenvalue weighted by Gasteiger charge is 2.24. The number of fused-ring (bicyclic) bond motifs is 3. The van der Waals surface area contributed by atoms with Crippen LogP contribution in [0.2, 0.25) is 0 Å². The molecule has 0 bridgehead atoms. The maximum Gasteiger partial charge on any atom is 0.254 e. The van der Waals surface area contributed by atoms with Gasteiger partial charge in [-0.2, -0.15) is 0 Å². The smallest absolute Gasteiger partial charge is 0.254 e. The monoisotopic (exact) mass is 352 g/mol. The standard InChI is InChI=1S/C24H20N2O/c27-24(19-12-10-18(11-13-19)17-6-2-1-3-7-17)26-15-14-21-20-8-4-5-9-22(20)25-23(21)16-26/h1-13,25H,14-16H2. The highest BCUT2D eigenvalue weighted by molar-refractivity contribution is 5.95. The average Bonchev–Trinajstić information content (AvgIpc) is 3.12. The molecule has 1 aromatic heterocycles. The first-order valence-electron chi connectivity index (χ1n) is 9.33. The number of H-pyrrole nitrogens is 1. The van der Waals surface area contributed by atoms with E-state index in [-0.39, 0.29) is 5.91 Å².